The lowest BCUT2D eigenvalue weighted by atomic mass is 10.1. The summed E-state index contributed by atoms with van der Waals surface area (Å²) < 4.78 is 1.74. The van der Waals surface area contributed by atoms with Crippen LogP contribution in [0.1, 0.15) is 22.6 Å². The van der Waals surface area contributed by atoms with Crippen molar-refractivity contribution in [2.24, 2.45) is 13.0 Å². The van der Waals surface area contributed by atoms with Crippen molar-refractivity contribution in [1.29, 1.82) is 0 Å². The first-order chi connectivity index (χ1) is 10.6. The van der Waals surface area contributed by atoms with E-state index in [-0.39, 0.29) is 5.91 Å². The van der Waals surface area contributed by atoms with E-state index >= 15 is 0 Å². The molecule has 1 aromatic heterocycles. The highest BCUT2D eigenvalue weighted by Crippen LogP contribution is 2.26. The lowest BCUT2D eigenvalue weighted by Crippen LogP contribution is -2.32. The van der Waals surface area contributed by atoms with E-state index in [1.54, 1.807) is 17.0 Å². The second kappa shape index (κ2) is 6.22. The molecular weight excluding hydrogens is 276 g/mol. The van der Waals surface area contributed by atoms with Crippen molar-refractivity contribution in [1.82, 2.24) is 14.9 Å². The molecule has 2 heterocycles. The van der Waals surface area contributed by atoms with Gasteiger partial charge in [0.1, 0.15) is 0 Å². The molecule has 3 rings (SSSR count). The molecule has 22 heavy (non-hydrogen) atoms. The molecule has 5 nitrogen and oxygen atoms in total. The second-order valence-corrected chi connectivity index (χ2v) is 5.96. The number of hydrogen-bond acceptors (Lipinski definition) is 3. The van der Waals surface area contributed by atoms with Gasteiger partial charge in [-0.1, -0.05) is 18.2 Å². The fraction of sp³-hybridized carbons (Fsp3) is 0.412. The highest BCUT2D eigenvalue weighted by Gasteiger charge is 2.24. The minimum absolute atomic E-state index is 0.0955. The van der Waals surface area contributed by atoms with Gasteiger partial charge in [0, 0.05) is 44.8 Å². The van der Waals surface area contributed by atoms with Crippen molar-refractivity contribution in [2.75, 3.05) is 24.5 Å². The Morgan fingerprint density at radius 2 is 2.23 bits per heavy atom. The van der Waals surface area contributed by atoms with Gasteiger partial charge in [0.05, 0.1) is 0 Å². The summed E-state index contributed by atoms with van der Waals surface area (Å²) in [5, 5.41) is 3.01. The normalized spacial score (nSPS) is 17.7. The average Bonchev–Trinajstić information content (AvgIpc) is 3.14. The summed E-state index contributed by atoms with van der Waals surface area (Å²) in [7, 11) is 1.83. The molecule has 1 aromatic carbocycles. The maximum Gasteiger partial charge on any atom is 0.287 e. The Labute approximate surface area is 131 Å². The van der Waals surface area contributed by atoms with Crippen LogP contribution in [0.3, 0.4) is 0 Å². The van der Waals surface area contributed by atoms with Crippen LogP contribution in [0.2, 0.25) is 0 Å². The van der Waals surface area contributed by atoms with Crippen LogP contribution in [-0.4, -0.2) is 35.1 Å². The van der Waals surface area contributed by atoms with E-state index in [4.69, 9.17) is 0 Å². The molecular formula is C17H22N4O. The molecule has 1 aliphatic heterocycles. The molecule has 1 amide bonds. The van der Waals surface area contributed by atoms with E-state index in [2.05, 4.69) is 46.4 Å². The summed E-state index contributed by atoms with van der Waals surface area (Å²) in [6.07, 6.45) is 4.53. The summed E-state index contributed by atoms with van der Waals surface area (Å²) in [6, 6.07) is 8.47. The highest BCUT2D eigenvalue weighted by atomic mass is 16.2. The smallest absolute Gasteiger partial charge is 0.287 e. The minimum Gasteiger partial charge on any atom is -0.371 e. The van der Waals surface area contributed by atoms with Crippen molar-refractivity contribution in [2.45, 2.75) is 13.3 Å². The lowest BCUT2D eigenvalue weighted by molar-refractivity contribution is 0.0935. The van der Waals surface area contributed by atoms with Crippen LogP contribution < -0.4 is 10.2 Å². The fourth-order valence-corrected chi connectivity index (χ4v) is 3.04. The summed E-state index contributed by atoms with van der Waals surface area (Å²) in [5.74, 6) is 0.861. The van der Waals surface area contributed by atoms with Crippen molar-refractivity contribution in [3.05, 3.63) is 48.0 Å². The Hall–Kier alpha value is -2.30. The highest BCUT2D eigenvalue weighted by molar-refractivity contribution is 5.90. The van der Waals surface area contributed by atoms with Crippen LogP contribution in [0.4, 0.5) is 5.69 Å². The van der Waals surface area contributed by atoms with E-state index < -0.39 is 0 Å². The minimum atomic E-state index is -0.0955. The van der Waals surface area contributed by atoms with E-state index in [1.165, 1.54) is 11.3 Å². The molecule has 0 unspecified atom stereocenters. The van der Waals surface area contributed by atoms with E-state index in [1.807, 2.05) is 7.05 Å². The molecule has 1 atom stereocenters. The summed E-state index contributed by atoms with van der Waals surface area (Å²) in [6.45, 7) is 4.89. The van der Waals surface area contributed by atoms with E-state index in [9.17, 15) is 4.79 Å². The zero-order chi connectivity index (χ0) is 15.5. The molecule has 0 spiro atoms. The van der Waals surface area contributed by atoms with Crippen molar-refractivity contribution in [3.8, 4) is 0 Å². The first-order valence-corrected chi connectivity index (χ1v) is 7.71. The predicted octanol–water partition coefficient (Wildman–Crippen LogP) is 1.98. The van der Waals surface area contributed by atoms with Crippen LogP contribution in [0.25, 0.3) is 0 Å². The molecule has 5 heteroatoms. The van der Waals surface area contributed by atoms with Gasteiger partial charge in [-0.15, -0.1) is 0 Å². The van der Waals surface area contributed by atoms with Gasteiger partial charge in [0.2, 0.25) is 0 Å². The Morgan fingerprint density at radius 3 is 2.95 bits per heavy atom. The number of carbonyl (C=O) groups excluding carboxylic acids is 1. The van der Waals surface area contributed by atoms with E-state index in [0.717, 1.165) is 19.5 Å². The summed E-state index contributed by atoms with van der Waals surface area (Å²) in [5.41, 5.74) is 2.61. The van der Waals surface area contributed by atoms with Gasteiger partial charge in [-0.05, 0) is 30.9 Å². The zero-order valence-electron chi connectivity index (χ0n) is 13.1. The van der Waals surface area contributed by atoms with Crippen LogP contribution >= 0.6 is 0 Å². The lowest BCUT2D eigenvalue weighted by Gasteiger charge is -2.21. The topological polar surface area (TPSA) is 50.2 Å². The molecule has 2 aromatic rings. The number of carbonyl (C=O) groups is 1. The molecule has 116 valence electrons. The van der Waals surface area contributed by atoms with Crippen molar-refractivity contribution in [3.63, 3.8) is 0 Å². The third kappa shape index (κ3) is 2.98. The summed E-state index contributed by atoms with van der Waals surface area (Å²) in [4.78, 5) is 18.6. The molecule has 0 bridgehead atoms. The largest absolute Gasteiger partial charge is 0.371 e. The number of aryl methyl sites for hydroxylation is 2. The number of nitrogens with one attached hydrogen (secondary N) is 1. The van der Waals surface area contributed by atoms with Crippen LogP contribution in [0.15, 0.2) is 36.7 Å². The van der Waals surface area contributed by atoms with Crippen molar-refractivity contribution >= 4 is 11.6 Å². The molecule has 1 fully saturated rings. The molecule has 1 aliphatic rings. The SMILES string of the molecule is Cc1ccccc1N1CC[C@H](CNC(=O)c2nccn2C)C1. The predicted molar refractivity (Wildman–Crippen MR) is 87.0 cm³/mol. The molecule has 0 aliphatic carbocycles. The van der Waals surface area contributed by atoms with Crippen LogP contribution in [0, 0.1) is 12.8 Å². The third-order valence-corrected chi connectivity index (χ3v) is 4.32. The van der Waals surface area contributed by atoms with Gasteiger partial charge < -0.3 is 14.8 Å². The third-order valence-electron chi connectivity index (χ3n) is 4.32. The number of hydrogen-bond donors (Lipinski definition) is 1. The first-order valence-electron chi connectivity index (χ1n) is 7.71. The number of anilines is 1. The van der Waals surface area contributed by atoms with Gasteiger partial charge in [0.25, 0.3) is 5.91 Å². The van der Waals surface area contributed by atoms with E-state index in [0.29, 0.717) is 18.3 Å². The second-order valence-electron chi connectivity index (χ2n) is 5.96. The Kier molecular flexibility index (Phi) is 4.13. The Balaban J connectivity index is 1.55. The average molecular weight is 298 g/mol. The van der Waals surface area contributed by atoms with Gasteiger partial charge in [-0.3, -0.25) is 4.79 Å². The number of aromatic nitrogens is 2. The van der Waals surface area contributed by atoms with Gasteiger partial charge in [-0.25, -0.2) is 4.98 Å². The van der Waals surface area contributed by atoms with Gasteiger partial charge in [-0.2, -0.15) is 0 Å². The quantitative estimate of drug-likeness (QED) is 0.939. The van der Waals surface area contributed by atoms with Crippen molar-refractivity contribution < 1.29 is 4.79 Å². The number of nitrogens with zero attached hydrogens (tertiary/aromatic N) is 3. The number of amides is 1. The standard InChI is InChI=1S/C17H22N4O/c1-13-5-3-4-6-15(13)21-9-7-14(12-21)11-19-17(22)16-18-8-10-20(16)2/h3-6,8,10,14H,7,9,11-12H2,1-2H3,(H,19,22)/t14-/m1/s1. The number of imidazole rings is 1. The monoisotopic (exact) mass is 298 g/mol. The van der Waals surface area contributed by atoms with Gasteiger partial charge >= 0.3 is 0 Å². The number of para-hydroxylation sites is 1. The Morgan fingerprint density at radius 1 is 1.41 bits per heavy atom. The first kappa shape index (κ1) is 14.6. The molecule has 1 N–H and O–H groups in total. The maximum atomic E-state index is 12.1. The van der Waals surface area contributed by atoms with Gasteiger partial charge in [0.15, 0.2) is 5.82 Å². The Bertz CT molecular complexity index is 664. The fourth-order valence-electron chi connectivity index (χ4n) is 3.04. The zero-order valence-corrected chi connectivity index (χ0v) is 13.1. The number of benzene rings is 1. The molecule has 0 radical (unpaired) electrons. The van der Waals surface area contributed by atoms with Crippen LogP contribution in [-0.2, 0) is 7.05 Å². The number of rotatable bonds is 4. The molecule has 1 saturated heterocycles. The maximum absolute atomic E-state index is 12.1. The molecule has 0 saturated carbocycles. The van der Waals surface area contributed by atoms with Crippen LogP contribution in [0.5, 0.6) is 0 Å². The summed E-state index contributed by atoms with van der Waals surface area (Å²) >= 11 is 0.